The van der Waals surface area contributed by atoms with Crippen molar-refractivity contribution in [1.82, 2.24) is 0 Å². The molecule has 0 spiro atoms. The van der Waals surface area contributed by atoms with Gasteiger partial charge in [0.2, 0.25) is 0 Å². The first-order valence-electron chi connectivity index (χ1n) is 14.3. The van der Waals surface area contributed by atoms with E-state index in [1.807, 2.05) is 18.3 Å². The number of hydrogen-bond donors (Lipinski definition) is 2. The standard InChI is InChI=1S/C31H38INO3.2CH3.Tl/c1-5-8-10-11-13-22(12-9-6-2)29(34)21(7-3)15-23-16-25-17-24(30(23)35)18-26-27(19-33-25)20(4)14-28(32)31(26)36;;;/h7,13-14,16-17,19,34-36H,3,5-6,8-12,15,18H2,1-2,4H3;2*1H3;/q;;;+1/p-1/b22-13-,29-21-,33-19?;;;. The summed E-state index contributed by atoms with van der Waals surface area (Å²) in [5.41, 5.74) is 7.42. The number of rotatable bonds is 13. The van der Waals surface area contributed by atoms with Gasteiger partial charge in [0.15, 0.2) is 0 Å². The molecule has 208 valence electrons. The number of phenolic OH excluding ortho intramolecular Hbond substituents is 1. The van der Waals surface area contributed by atoms with Gasteiger partial charge in [0.1, 0.15) is 0 Å². The van der Waals surface area contributed by atoms with Gasteiger partial charge in [0, 0.05) is 0 Å². The molecule has 3 rings (SSSR count). The Hall–Kier alpha value is -1.62. The van der Waals surface area contributed by atoms with Gasteiger partial charge in [0.05, 0.1) is 0 Å². The third kappa shape index (κ3) is 8.44. The van der Waals surface area contributed by atoms with Crippen molar-refractivity contribution in [3.8, 4) is 11.5 Å². The first kappa shape index (κ1) is 31.9. The molecule has 1 heterocycles. The zero-order valence-electron chi connectivity index (χ0n) is 24.2. The molecule has 0 aromatic heterocycles. The number of phenols is 1. The molecule has 0 amide bonds. The number of halogens is 1. The van der Waals surface area contributed by atoms with E-state index < -0.39 is 23.2 Å². The summed E-state index contributed by atoms with van der Waals surface area (Å²) in [6, 6.07) is 6.06. The van der Waals surface area contributed by atoms with E-state index in [9.17, 15) is 10.2 Å². The van der Waals surface area contributed by atoms with Crippen LogP contribution in [0.1, 0.15) is 86.6 Å². The van der Waals surface area contributed by atoms with Crippen LogP contribution in [-0.2, 0) is 12.8 Å². The average Bonchev–Trinajstić information content (AvgIpc) is 2.88. The Kier molecular flexibility index (Phi) is 12.6. The molecule has 0 saturated carbocycles. The summed E-state index contributed by atoms with van der Waals surface area (Å²) in [5.74, 6) is 1.51. The number of aliphatic hydroxyl groups excluding tert-OH is 1. The van der Waals surface area contributed by atoms with Crippen LogP contribution < -0.4 is 2.69 Å². The van der Waals surface area contributed by atoms with E-state index in [-0.39, 0.29) is 5.75 Å². The Balaban J connectivity index is 2.03. The van der Waals surface area contributed by atoms with Crippen LogP contribution in [0.3, 0.4) is 0 Å². The molecule has 0 radical (unpaired) electrons. The Labute approximate surface area is 257 Å². The van der Waals surface area contributed by atoms with E-state index in [2.05, 4.69) is 71.0 Å². The molecule has 0 atom stereocenters. The van der Waals surface area contributed by atoms with Crippen molar-refractivity contribution in [2.45, 2.75) is 87.5 Å². The zero-order valence-corrected chi connectivity index (χ0v) is 30.9. The van der Waals surface area contributed by atoms with Gasteiger partial charge in [-0.3, -0.25) is 0 Å². The van der Waals surface area contributed by atoms with Crippen molar-refractivity contribution in [2.24, 2.45) is 4.99 Å². The number of allylic oxidation sites excluding steroid dienone is 4. The molecule has 0 saturated heterocycles. The van der Waals surface area contributed by atoms with Crippen LogP contribution in [0.4, 0.5) is 5.69 Å². The van der Waals surface area contributed by atoms with Gasteiger partial charge < -0.3 is 0 Å². The number of aryl methyl sites for hydroxylation is 1. The molecule has 2 aromatic rings. The number of nitrogens with zero attached hydrogens (tertiary/aromatic N) is 1. The van der Waals surface area contributed by atoms with Crippen LogP contribution in [-0.4, -0.2) is 39.6 Å². The molecule has 0 fully saturated rings. The fourth-order valence-electron chi connectivity index (χ4n) is 4.99. The Morgan fingerprint density at radius 1 is 1.15 bits per heavy atom. The van der Waals surface area contributed by atoms with E-state index in [0.717, 1.165) is 86.1 Å². The number of aliphatic hydroxyl groups is 1. The Bertz CT molecular complexity index is 1280. The van der Waals surface area contributed by atoms with Crippen molar-refractivity contribution >= 4 is 57.6 Å². The van der Waals surface area contributed by atoms with Gasteiger partial charge in [-0.1, -0.05) is 33.1 Å². The van der Waals surface area contributed by atoms with E-state index in [4.69, 9.17) is 7.68 Å². The monoisotopic (exact) mass is 833 g/mol. The molecule has 0 aliphatic carbocycles. The third-order valence-electron chi connectivity index (χ3n) is 7.13. The van der Waals surface area contributed by atoms with Crippen molar-refractivity contribution in [1.29, 1.82) is 0 Å². The van der Waals surface area contributed by atoms with Crippen LogP contribution in [0.25, 0.3) is 0 Å². The summed E-state index contributed by atoms with van der Waals surface area (Å²) in [6.45, 7) is 10.5. The predicted molar refractivity (Wildman–Crippen MR) is 175 cm³/mol. The summed E-state index contributed by atoms with van der Waals surface area (Å²) >= 11 is 0.193. The number of hydrogen-bond acceptors (Lipinski definition) is 4. The second kappa shape index (κ2) is 15.4. The van der Waals surface area contributed by atoms with E-state index in [1.165, 1.54) is 12.8 Å². The van der Waals surface area contributed by atoms with E-state index in [0.29, 0.717) is 18.6 Å². The van der Waals surface area contributed by atoms with Gasteiger partial charge >= 0.3 is 207 Å². The summed E-state index contributed by atoms with van der Waals surface area (Å²) < 4.78 is 12.1. The minimum atomic E-state index is -2.17. The molecule has 2 N–H and O–H groups in total. The summed E-state index contributed by atoms with van der Waals surface area (Å²) in [7, 11) is 0. The van der Waals surface area contributed by atoms with Gasteiger partial charge in [-0.15, -0.1) is 0 Å². The summed E-state index contributed by atoms with van der Waals surface area (Å²) in [4.78, 5) is 4.81. The Morgan fingerprint density at radius 3 is 2.56 bits per heavy atom. The quantitative estimate of drug-likeness (QED) is 0.0593. The fourth-order valence-corrected chi connectivity index (χ4v) is 9.72. The number of benzene rings is 2. The number of aromatic hydroxyl groups is 1. The van der Waals surface area contributed by atoms with Crippen molar-refractivity contribution in [3.05, 3.63) is 85.2 Å². The topological polar surface area (TPSA) is 62.0 Å². The van der Waals surface area contributed by atoms with Crippen LogP contribution in [0, 0.1) is 10.5 Å². The SMILES string of the molecule is C=C/C(Cc1cc2cc(c1O)Cc1c(c(C)cc(I)c1[O][Tl]([CH3])[CH3])C=N2)=C(O)\C(=C/CCCCC)CCCC. The minimum absolute atomic E-state index is 0.257. The van der Waals surface area contributed by atoms with Crippen LogP contribution >= 0.6 is 22.6 Å². The molecular formula is C33H43INO3Tl. The minimum Gasteiger partial charge on any atom is -0.0654 e. The first-order valence-corrected chi connectivity index (χ1v) is 26.2. The summed E-state index contributed by atoms with van der Waals surface area (Å²) in [6.07, 6.45) is 14.2. The molecule has 2 bridgehead atoms. The number of fused-ring (bicyclic) bond motifs is 3. The molecule has 1 aliphatic rings. The van der Waals surface area contributed by atoms with Gasteiger partial charge in [-0.25, -0.2) is 0 Å². The maximum absolute atomic E-state index is 11.5. The molecule has 4 nitrogen and oxygen atoms in total. The number of aliphatic imine (C=N–C) groups is 1. The van der Waals surface area contributed by atoms with Gasteiger partial charge in [-0.2, -0.15) is 0 Å². The second-order valence-electron chi connectivity index (χ2n) is 10.7. The van der Waals surface area contributed by atoms with Gasteiger partial charge in [-0.05, 0) is 19.3 Å². The van der Waals surface area contributed by atoms with Crippen LogP contribution in [0.15, 0.2) is 58.8 Å². The zero-order chi connectivity index (χ0) is 28.5. The fraction of sp³-hybridized carbons (Fsp3) is 0.424. The predicted octanol–water partition coefficient (Wildman–Crippen LogP) is 9.83. The van der Waals surface area contributed by atoms with Crippen LogP contribution in [0.2, 0.25) is 8.97 Å². The average molecular weight is 833 g/mol. The van der Waals surface area contributed by atoms with Crippen molar-refractivity contribution < 1.29 is 12.9 Å². The second-order valence-corrected chi connectivity index (χ2v) is 20.9. The summed E-state index contributed by atoms with van der Waals surface area (Å²) in [5, 5.41) is 22.8. The van der Waals surface area contributed by atoms with Crippen molar-refractivity contribution in [2.75, 3.05) is 0 Å². The third-order valence-corrected chi connectivity index (χ3v) is 10.7. The molecule has 39 heavy (non-hydrogen) atoms. The number of unbranched alkanes of at least 4 members (excludes halogenated alkanes) is 4. The van der Waals surface area contributed by atoms with Crippen LogP contribution in [0.5, 0.6) is 11.5 Å². The molecule has 1 aliphatic heterocycles. The molecule has 2 aromatic carbocycles. The van der Waals surface area contributed by atoms with Crippen molar-refractivity contribution in [3.63, 3.8) is 0 Å². The van der Waals surface area contributed by atoms with E-state index in [1.54, 1.807) is 6.08 Å². The van der Waals surface area contributed by atoms with E-state index >= 15 is 0 Å². The normalized spacial score (nSPS) is 13.3. The smallest absolute Gasteiger partial charge is 0.0654 e. The first-order chi connectivity index (χ1) is 18.7. The maximum atomic E-state index is 11.5. The Morgan fingerprint density at radius 2 is 1.90 bits per heavy atom. The molecule has 6 heteroatoms. The van der Waals surface area contributed by atoms with Gasteiger partial charge in [0.25, 0.3) is 0 Å². The molecular weight excluding hydrogens is 790 g/mol. The molecule has 0 unspecified atom stereocenters.